The number of hydrogen-bond acceptors (Lipinski definition) is 5. The standard InChI is InChI=1S/C13H12N2O3/c1-8(9-6-7-17-12(9)16)14-13-15-10-4-2-3-5-11(10)18-13/h2-5H,6-7H2,1H3,(H,14,15)/b9-8+. The van der Waals surface area contributed by atoms with Gasteiger partial charge in [0.2, 0.25) is 0 Å². The summed E-state index contributed by atoms with van der Waals surface area (Å²) < 4.78 is 10.4. The molecule has 5 heteroatoms. The third-order valence-corrected chi connectivity index (χ3v) is 2.87. The van der Waals surface area contributed by atoms with Crippen LogP contribution in [0.1, 0.15) is 13.3 Å². The third-order valence-electron chi connectivity index (χ3n) is 2.87. The molecule has 2 aromatic rings. The number of carbonyl (C=O) groups excluding carboxylic acids is 1. The Morgan fingerprint density at radius 2 is 2.22 bits per heavy atom. The SMILES string of the molecule is C/C(Nc1nc2ccccc2o1)=C1/CCOC1=O. The number of esters is 1. The number of fused-ring (bicyclic) bond motifs is 1. The fourth-order valence-electron chi connectivity index (χ4n) is 1.94. The number of para-hydroxylation sites is 2. The van der Waals surface area contributed by atoms with Gasteiger partial charge in [0.05, 0.1) is 12.2 Å². The van der Waals surface area contributed by atoms with E-state index in [1.165, 1.54) is 0 Å². The second kappa shape index (κ2) is 4.18. The highest BCUT2D eigenvalue weighted by Gasteiger charge is 2.22. The topological polar surface area (TPSA) is 64.4 Å². The van der Waals surface area contributed by atoms with Gasteiger partial charge in [-0.15, -0.1) is 0 Å². The molecule has 1 saturated heterocycles. The molecule has 0 spiro atoms. The highest BCUT2D eigenvalue weighted by Crippen LogP contribution is 2.22. The molecule has 92 valence electrons. The third kappa shape index (κ3) is 1.84. The summed E-state index contributed by atoms with van der Waals surface area (Å²) in [5.74, 6) is -0.267. The predicted octanol–water partition coefficient (Wildman–Crippen LogP) is 2.46. The summed E-state index contributed by atoms with van der Waals surface area (Å²) in [6.45, 7) is 2.26. The number of oxazole rings is 1. The van der Waals surface area contributed by atoms with Crippen LogP contribution in [0.5, 0.6) is 0 Å². The molecule has 2 heterocycles. The average Bonchev–Trinajstić information content (AvgIpc) is 2.94. The van der Waals surface area contributed by atoms with Crippen LogP contribution in [0.2, 0.25) is 0 Å². The van der Waals surface area contributed by atoms with Crippen molar-refractivity contribution in [1.29, 1.82) is 0 Å². The largest absolute Gasteiger partial charge is 0.462 e. The minimum atomic E-state index is -0.267. The molecule has 18 heavy (non-hydrogen) atoms. The Hall–Kier alpha value is -2.30. The molecule has 1 aromatic heterocycles. The van der Waals surface area contributed by atoms with Crippen LogP contribution in [0.4, 0.5) is 6.01 Å². The van der Waals surface area contributed by atoms with E-state index in [1.807, 2.05) is 31.2 Å². The summed E-state index contributed by atoms with van der Waals surface area (Å²) >= 11 is 0. The monoisotopic (exact) mass is 244 g/mol. The minimum Gasteiger partial charge on any atom is -0.462 e. The second-order valence-electron chi connectivity index (χ2n) is 4.10. The molecule has 0 unspecified atom stereocenters. The molecule has 1 fully saturated rings. The maximum absolute atomic E-state index is 11.4. The first-order valence-corrected chi connectivity index (χ1v) is 5.73. The lowest BCUT2D eigenvalue weighted by Crippen LogP contribution is -2.04. The zero-order valence-corrected chi connectivity index (χ0v) is 9.90. The van der Waals surface area contributed by atoms with Crippen LogP contribution in [-0.4, -0.2) is 17.6 Å². The van der Waals surface area contributed by atoms with E-state index in [9.17, 15) is 4.79 Å². The Labute approximate surface area is 103 Å². The molecule has 1 aliphatic heterocycles. The number of carbonyl (C=O) groups is 1. The fourth-order valence-corrected chi connectivity index (χ4v) is 1.94. The van der Waals surface area contributed by atoms with E-state index in [2.05, 4.69) is 10.3 Å². The molecular weight excluding hydrogens is 232 g/mol. The summed E-state index contributed by atoms with van der Waals surface area (Å²) in [6, 6.07) is 7.89. The van der Waals surface area contributed by atoms with E-state index >= 15 is 0 Å². The first-order chi connectivity index (χ1) is 8.74. The van der Waals surface area contributed by atoms with Crippen LogP contribution in [0, 0.1) is 0 Å². The number of rotatable bonds is 2. The molecule has 1 N–H and O–H groups in total. The summed E-state index contributed by atoms with van der Waals surface area (Å²) in [4.78, 5) is 15.7. The van der Waals surface area contributed by atoms with Crippen molar-refractivity contribution in [3.8, 4) is 0 Å². The molecule has 0 bridgehead atoms. The van der Waals surface area contributed by atoms with Crippen molar-refractivity contribution >= 4 is 23.1 Å². The van der Waals surface area contributed by atoms with E-state index in [0.29, 0.717) is 30.2 Å². The number of cyclic esters (lactones) is 1. The maximum Gasteiger partial charge on any atom is 0.335 e. The minimum absolute atomic E-state index is 0.267. The van der Waals surface area contributed by atoms with Crippen molar-refractivity contribution in [2.75, 3.05) is 11.9 Å². The van der Waals surface area contributed by atoms with E-state index in [4.69, 9.17) is 9.15 Å². The van der Waals surface area contributed by atoms with Crippen molar-refractivity contribution < 1.29 is 13.9 Å². The van der Waals surface area contributed by atoms with Gasteiger partial charge in [-0.05, 0) is 19.1 Å². The van der Waals surface area contributed by atoms with Gasteiger partial charge < -0.3 is 14.5 Å². The lowest BCUT2D eigenvalue weighted by Gasteiger charge is -2.02. The van der Waals surface area contributed by atoms with Gasteiger partial charge in [0.1, 0.15) is 5.52 Å². The maximum atomic E-state index is 11.4. The number of benzene rings is 1. The molecule has 3 rings (SSSR count). The van der Waals surface area contributed by atoms with Crippen molar-refractivity contribution in [1.82, 2.24) is 4.98 Å². The van der Waals surface area contributed by atoms with Gasteiger partial charge >= 0.3 is 5.97 Å². The van der Waals surface area contributed by atoms with Gasteiger partial charge in [0.15, 0.2) is 5.58 Å². The van der Waals surface area contributed by atoms with E-state index in [-0.39, 0.29) is 5.97 Å². The van der Waals surface area contributed by atoms with Gasteiger partial charge in [0, 0.05) is 12.1 Å². The number of nitrogens with zero attached hydrogens (tertiary/aromatic N) is 1. The fraction of sp³-hybridized carbons (Fsp3) is 0.231. The Bertz CT molecular complexity index is 609. The zero-order chi connectivity index (χ0) is 12.5. The van der Waals surface area contributed by atoms with Crippen LogP contribution in [0.25, 0.3) is 11.1 Å². The van der Waals surface area contributed by atoms with Crippen LogP contribution in [-0.2, 0) is 9.53 Å². The van der Waals surface area contributed by atoms with E-state index < -0.39 is 0 Å². The van der Waals surface area contributed by atoms with Crippen molar-refractivity contribution in [3.63, 3.8) is 0 Å². The number of ether oxygens (including phenoxy) is 1. The Morgan fingerprint density at radius 1 is 1.39 bits per heavy atom. The predicted molar refractivity (Wildman–Crippen MR) is 65.9 cm³/mol. The van der Waals surface area contributed by atoms with Crippen LogP contribution >= 0.6 is 0 Å². The second-order valence-corrected chi connectivity index (χ2v) is 4.10. The summed E-state index contributed by atoms with van der Waals surface area (Å²) in [5.41, 5.74) is 2.87. The molecule has 0 amide bonds. The number of anilines is 1. The average molecular weight is 244 g/mol. The molecule has 1 aromatic carbocycles. The van der Waals surface area contributed by atoms with Gasteiger partial charge in [-0.3, -0.25) is 0 Å². The van der Waals surface area contributed by atoms with Crippen molar-refractivity contribution in [2.45, 2.75) is 13.3 Å². The quantitative estimate of drug-likeness (QED) is 0.649. The van der Waals surface area contributed by atoms with Crippen molar-refractivity contribution in [3.05, 3.63) is 35.5 Å². The Kier molecular flexibility index (Phi) is 2.51. The van der Waals surface area contributed by atoms with Gasteiger partial charge in [-0.1, -0.05) is 12.1 Å². The smallest absolute Gasteiger partial charge is 0.335 e. The van der Waals surface area contributed by atoms with Gasteiger partial charge in [-0.25, -0.2) is 4.79 Å². The summed E-state index contributed by atoms with van der Waals surface area (Å²) in [7, 11) is 0. The number of hydrogen-bond donors (Lipinski definition) is 1. The normalized spacial score (nSPS) is 17.9. The van der Waals surface area contributed by atoms with Crippen LogP contribution < -0.4 is 5.32 Å². The molecule has 0 radical (unpaired) electrons. The highest BCUT2D eigenvalue weighted by atomic mass is 16.5. The van der Waals surface area contributed by atoms with Crippen molar-refractivity contribution in [2.24, 2.45) is 0 Å². The lowest BCUT2D eigenvalue weighted by molar-refractivity contribution is -0.135. The first-order valence-electron chi connectivity index (χ1n) is 5.73. The molecule has 0 aliphatic carbocycles. The highest BCUT2D eigenvalue weighted by molar-refractivity contribution is 5.91. The van der Waals surface area contributed by atoms with Crippen LogP contribution in [0.15, 0.2) is 40.0 Å². The Balaban J connectivity index is 1.90. The molecular formula is C13H12N2O3. The summed E-state index contributed by atoms with van der Waals surface area (Å²) in [5, 5.41) is 3.00. The zero-order valence-electron chi connectivity index (χ0n) is 9.90. The van der Waals surface area contributed by atoms with Crippen LogP contribution in [0.3, 0.4) is 0 Å². The Morgan fingerprint density at radius 3 is 2.94 bits per heavy atom. The number of nitrogens with one attached hydrogen (secondary N) is 1. The molecule has 0 saturated carbocycles. The first kappa shape index (κ1) is 10.8. The van der Waals surface area contributed by atoms with E-state index in [1.54, 1.807) is 0 Å². The number of allylic oxidation sites excluding steroid dienone is 1. The molecule has 0 atom stereocenters. The van der Waals surface area contributed by atoms with Gasteiger partial charge in [-0.2, -0.15) is 4.98 Å². The molecule has 5 nitrogen and oxygen atoms in total. The summed E-state index contributed by atoms with van der Waals surface area (Å²) in [6.07, 6.45) is 0.623. The molecule has 1 aliphatic rings. The van der Waals surface area contributed by atoms with E-state index in [0.717, 1.165) is 11.2 Å². The number of aromatic nitrogens is 1. The lowest BCUT2D eigenvalue weighted by atomic mass is 10.2. The van der Waals surface area contributed by atoms with Gasteiger partial charge in [0.25, 0.3) is 6.01 Å².